The molecular formula is C18H19ClN4O2. The molecule has 0 bridgehead atoms. The van der Waals surface area contributed by atoms with Crippen LogP contribution in [0.3, 0.4) is 0 Å². The molecular weight excluding hydrogens is 340 g/mol. The molecule has 1 aliphatic heterocycles. The Balaban J connectivity index is 1.39. The van der Waals surface area contributed by atoms with Gasteiger partial charge in [-0.2, -0.15) is 5.10 Å². The molecule has 6 nitrogen and oxygen atoms in total. The van der Waals surface area contributed by atoms with E-state index < -0.39 is 0 Å². The van der Waals surface area contributed by atoms with Crippen LogP contribution in [0.5, 0.6) is 0 Å². The number of halogens is 1. The molecule has 1 aromatic heterocycles. The van der Waals surface area contributed by atoms with Gasteiger partial charge in [-0.25, -0.2) is 0 Å². The molecule has 1 saturated heterocycles. The Hall–Kier alpha value is -2.34. The molecule has 2 amide bonds. The fraction of sp³-hybridized carbons (Fsp3) is 0.389. The predicted molar refractivity (Wildman–Crippen MR) is 94.2 cm³/mol. The summed E-state index contributed by atoms with van der Waals surface area (Å²) in [5.74, 6) is 0.237. The number of likely N-dealkylation sites (tertiary alicyclic amines) is 1. The normalized spacial score (nSPS) is 19.9. The van der Waals surface area contributed by atoms with Gasteiger partial charge in [0.2, 0.25) is 5.91 Å². The van der Waals surface area contributed by atoms with Crippen LogP contribution in [0, 0.1) is 5.92 Å². The third kappa shape index (κ3) is 3.54. The van der Waals surface area contributed by atoms with Crippen molar-refractivity contribution in [3.8, 4) is 11.3 Å². The lowest BCUT2D eigenvalue weighted by molar-refractivity contribution is -0.122. The van der Waals surface area contributed by atoms with Crippen molar-refractivity contribution in [2.45, 2.75) is 25.3 Å². The fourth-order valence-corrected chi connectivity index (χ4v) is 3.22. The molecule has 0 unspecified atom stereocenters. The van der Waals surface area contributed by atoms with Crippen LogP contribution in [0.25, 0.3) is 11.3 Å². The second-order valence-electron chi connectivity index (χ2n) is 6.69. The van der Waals surface area contributed by atoms with Crippen molar-refractivity contribution in [2.75, 3.05) is 13.1 Å². The number of nitrogens with zero attached hydrogens (tertiary/aromatic N) is 2. The number of amides is 2. The van der Waals surface area contributed by atoms with E-state index >= 15 is 0 Å². The predicted octanol–water partition coefficient (Wildman–Crippen LogP) is 2.47. The summed E-state index contributed by atoms with van der Waals surface area (Å²) in [5.41, 5.74) is 2.06. The second-order valence-corrected chi connectivity index (χ2v) is 7.13. The van der Waals surface area contributed by atoms with E-state index in [2.05, 4.69) is 15.5 Å². The lowest BCUT2D eigenvalue weighted by atomic mass is 10.1. The van der Waals surface area contributed by atoms with Crippen LogP contribution < -0.4 is 5.32 Å². The van der Waals surface area contributed by atoms with E-state index in [9.17, 15) is 9.59 Å². The molecule has 1 aliphatic carbocycles. The minimum atomic E-state index is -0.0871. The molecule has 2 fully saturated rings. The summed E-state index contributed by atoms with van der Waals surface area (Å²) in [7, 11) is 0. The topological polar surface area (TPSA) is 78.1 Å². The maximum atomic E-state index is 12.6. The molecule has 25 heavy (non-hydrogen) atoms. The molecule has 2 aromatic rings. The zero-order valence-electron chi connectivity index (χ0n) is 13.7. The molecule has 0 spiro atoms. The highest BCUT2D eigenvalue weighted by Crippen LogP contribution is 2.29. The third-order valence-electron chi connectivity index (χ3n) is 4.72. The fourth-order valence-electron chi connectivity index (χ4n) is 3.10. The molecule has 1 saturated carbocycles. The summed E-state index contributed by atoms with van der Waals surface area (Å²) in [4.78, 5) is 26.3. The number of nitrogens with one attached hydrogen (secondary N) is 2. The van der Waals surface area contributed by atoms with Gasteiger partial charge in [0.15, 0.2) is 0 Å². The zero-order chi connectivity index (χ0) is 17.4. The Morgan fingerprint density at radius 2 is 1.96 bits per heavy atom. The first-order valence-electron chi connectivity index (χ1n) is 8.51. The van der Waals surface area contributed by atoms with Gasteiger partial charge in [0, 0.05) is 35.6 Å². The SMILES string of the molecule is O=C(N[C@@H]1CCN(C(=O)c2cc(-c3ccc(Cl)cc3)n[nH]2)C1)C1CC1. The maximum absolute atomic E-state index is 12.6. The Kier molecular flexibility index (Phi) is 4.21. The van der Waals surface area contributed by atoms with Crippen LogP contribution in [0.15, 0.2) is 30.3 Å². The van der Waals surface area contributed by atoms with E-state index in [4.69, 9.17) is 11.6 Å². The van der Waals surface area contributed by atoms with Gasteiger partial charge < -0.3 is 10.2 Å². The van der Waals surface area contributed by atoms with Crippen molar-refractivity contribution in [3.63, 3.8) is 0 Å². The van der Waals surface area contributed by atoms with Crippen molar-refractivity contribution in [1.82, 2.24) is 20.4 Å². The van der Waals surface area contributed by atoms with Crippen molar-refractivity contribution in [2.24, 2.45) is 5.92 Å². The quantitative estimate of drug-likeness (QED) is 0.881. The molecule has 1 atom stereocenters. The Morgan fingerprint density at radius 1 is 1.20 bits per heavy atom. The van der Waals surface area contributed by atoms with Crippen molar-refractivity contribution in [1.29, 1.82) is 0 Å². The molecule has 1 aromatic carbocycles. The van der Waals surface area contributed by atoms with E-state index in [1.807, 2.05) is 12.1 Å². The monoisotopic (exact) mass is 358 g/mol. The Bertz CT molecular complexity index is 798. The van der Waals surface area contributed by atoms with Crippen LogP contribution in [0.4, 0.5) is 0 Å². The third-order valence-corrected chi connectivity index (χ3v) is 4.97. The Labute approximate surface area is 150 Å². The minimum Gasteiger partial charge on any atom is -0.351 e. The summed E-state index contributed by atoms with van der Waals surface area (Å²) in [6.45, 7) is 1.19. The average molecular weight is 359 g/mol. The lowest BCUT2D eigenvalue weighted by Gasteiger charge is -2.16. The van der Waals surface area contributed by atoms with Crippen LogP contribution >= 0.6 is 11.6 Å². The number of hydrogen-bond donors (Lipinski definition) is 2. The number of carbonyl (C=O) groups is 2. The van der Waals surface area contributed by atoms with Crippen LogP contribution in [0.1, 0.15) is 29.8 Å². The first kappa shape index (κ1) is 16.1. The summed E-state index contributed by atoms with van der Waals surface area (Å²) in [5, 5.41) is 10.7. The van der Waals surface area contributed by atoms with Gasteiger partial charge in [-0.3, -0.25) is 14.7 Å². The van der Waals surface area contributed by atoms with Crippen molar-refractivity contribution in [3.05, 3.63) is 41.0 Å². The highest BCUT2D eigenvalue weighted by molar-refractivity contribution is 6.30. The molecule has 2 aliphatic rings. The standard InChI is InChI=1S/C18H19ClN4O2/c19-13-5-3-11(4-6-13)15-9-16(22-21-15)18(25)23-8-7-14(10-23)20-17(24)12-1-2-12/h3-6,9,12,14H,1-2,7-8,10H2,(H,20,24)(H,21,22)/t14-/m1/s1. The molecule has 4 rings (SSSR count). The number of benzene rings is 1. The van der Waals surface area contributed by atoms with Gasteiger partial charge >= 0.3 is 0 Å². The van der Waals surface area contributed by atoms with Gasteiger partial charge in [-0.05, 0) is 37.5 Å². The second kappa shape index (κ2) is 6.52. The Morgan fingerprint density at radius 3 is 2.68 bits per heavy atom. The van der Waals surface area contributed by atoms with Crippen LogP contribution in [-0.2, 0) is 4.79 Å². The van der Waals surface area contributed by atoms with Crippen LogP contribution in [-0.4, -0.2) is 46.0 Å². The highest BCUT2D eigenvalue weighted by atomic mass is 35.5. The van der Waals surface area contributed by atoms with Crippen LogP contribution in [0.2, 0.25) is 5.02 Å². The van der Waals surface area contributed by atoms with Crippen molar-refractivity contribution < 1.29 is 9.59 Å². The summed E-state index contributed by atoms with van der Waals surface area (Å²) in [6.07, 6.45) is 2.77. The van der Waals surface area contributed by atoms with E-state index in [0.29, 0.717) is 29.5 Å². The minimum absolute atomic E-state index is 0.0516. The number of hydrogen-bond acceptors (Lipinski definition) is 3. The summed E-state index contributed by atoms with van der Waals surface area (Å²) >= 11 is 5.89. The largest absolute Gasteiger partial charge is 0.351 e. The summed E-state index contributed by atoms with van der Waals surface area (Å²) < 4.78 is 0. The van der Waals surface area contributed by atoms with Gasteiger partial charge in [0.05, 0.1) is 5.69 Å². The number of rotatable bonds is 4. The smallest absolute Gasteiger partial charge is 0.271 e. The van der Waals surface area contributed by atoms with Gasteiger partial charge in [0.25, 0.3) is 5.91 Å². The van der Waals surface area contributed by atoms with Gasteiger partial charge in [-0.15, -0.1) is 0 Å². The lowest BCUT2D eigenvalue weighted by Crippen LogP contribution is -2.39. The van der Waals surface area contributed by atoms with E-state index in [0.717, 1.165) is 24.8 Å². The molecule has 130 valence electrons. The zero-order valence-corrected chi connectivity index (χ0v) is 14.4. The van der Waals surface area contributed by atoms with E-state index in [1.54, 1.807) is 23.1 Å². The number of H-pyrrole nitrogens is 1. The van der Waals surface area contributed by atoms with Gasteiger partial charge in [-0.1, -0.05) is 23.7 Å². The number of carbonyl (C=O) groups excluding carboxylic acids is 2. The van der Waals surface area contributed by atoms with Gasteiger partial charge in [0.1, 0.15) is 5.69 Å². The summed E-state index contributed by atoms with van der Waals surface area (Å²) in [6, 6.07) is 9.12. The maximum Gasteiger partial charge on any atom is 0.271 e. The molecule has 2 heterocycles. The first-order valence-corrected chi connectivity index (χ1v) is 8.89. The van der Waals surface area contributed by atoms with E-state index in [1.165, 1.54) is 0 Å². The van der Waals surface area contributed by atoms with Crippen molar-refractivity contribution >= 4 is 23.4 Å². The highest BCUT2D eigenvalue weighted by Gasteiger charge is 2.34. The number of aromatic nitrogens is 2. The van der Waals surface area contributed by atoms with E-state index in [-0.39, 0.29) is 23.8 Å². The first-order chi connectivity index (χ1) is 12.1. The number of aromatic amines is 1. The molecule has 0 radical (unpaired) electrons. The molecule has 7 heteroatoms. The molecule has 2 N–H and O–H groups in total. The average Bonchev–Trinajstić information content (AvgIpc) is 3.17.